The summed E-state index contributed by atoms with van der Waals surface area (Å²) in [5.74, 6) is -1.73. The summed E-state index contributed by atoms with van der Waals surface area (Å²) >= 11 is 6.04. The number of hydrogen-bond donors (Lipinski definition) is 0. The fraction of sp³-hybridized carbons (Fsp3) is 0.421. The lowest BCUT2D eigenvalue weighted by molar-refractivity contribution is -0.142. The van der Waals surface area contributed by atoms with E-state index in [2.05, 4.69) is 9.89 Å². The van der Waals surface area contributed by atoms with Gasteiger partial charge in [-0.2, -0.15) is 0 Å². The quantitative estimate of drug-likeness (QED) is 0.213. The van der Waals surface area contributed by atoms with Crippen LogP contribution in [0.2, 0.25) is 0 Å². The first-order valence-corrected chi connectivity index (χ1v) is 9.37. The van der Waals surface area contributed by atoms with E-state index in [0.717, 1.165) is 23.8 Å². The summed E-state index contributed by atoms with van der Waals surface area (Å²) in [5.41, 5.74) is -0.167. The monoisotopic (exact) mass is 424 g/mol. The summed E-state index contributed by atoms with van der Waals surface area (Å²) in [5, 5.41) is 3.29. The van der Waals surface area contributed by atoms with Crippen LogP contribution in [0.3, 0.4) is 0 Å². The molecule has 2 amide bonds. The molecule has 0 bridgehead atoms. The molecule has 0 aromatic carbocycles. The molecule has 1 heterocycles. The van der Waals surface area contributed by atoms with E-state index in [1.165, 1.54) is 7.11 Å². The molecule has 3 aliphatic rings. The van der Waals surface area contributed by atoms with Crippen LogP contribution < -0.4 is 0 Å². The van der Waals surface area contributed by atoms with Gasteiger partial charge in [0.25, 0.3) is 11.8 Å². The van der Waals surface area contributed by atoms with Gasteiger partial charge in [-0.1, -0.05) is 16.8 Å². The van der Waals surface area contributed by atoms with Gasteiger partial charge in [0.2, 0.25) is 0 Å². The molecular formula is C19H18ClFN2O6. The zero-order valence-electron chi connectivity index (χ0n) is 15.6. The second kappa shape index (κ2) is 8.69. The van der Waals surface area contributed by atoms with E-state index in [4.69, 9.17) is 16.4 Å². The van der Waals surface area contributed by atoms with E-state index in [1.54, 1.807) is 0 Å². The minimum atomic E-state index is -2.07. The van der Waals surface area contributed by atoms with Crippen molar-refractivity contribution in [1.29, 1.82) is 0 Å². The molecule has 8 nitrogen and oxygen atoms in total. The number of alkyl halides is 1. The maximum Gasteiger partial charge on any atom is 0.309 e. The molecule has 0 saturated carbocycles. The summed E-state index contributed by atoms with van der Waals surface area (Å²) < 4.78 is 19.7. The molecule has 1 aliphatic heterocycles. The summed E-state index contributed by atoms with van der Waals surface area (Å²) in [6.07, 6.45) is 1.70. The van der Waals surface area contributed by atoms with Gasteiger partial charge in [0.05, 0.1) is 24.3 Å². The Labute approximate surface area is 170 Å². The summed E-state index contributed by atoms with van der Waals surface area (Å²) in [4.78, 5) is 53.6. The van der Waals surface area contributed by atoms with Crippen LogP contribution in [0.15, 0.2) is 38.7 Å². The number of carbonyl (C=O) groups is 4. The van der Waals surface area contributed by atoms with Gasteiger partial charge in [0.15, 0.2) is 12.5 Å². The molecule has 0 radical (unpaired) electrons. The van der Waals surface area contributed by atoms with Gasteiger partial charge in [-0.25, -0.2) is 9.29 Å². The average molecular weight is 425 g/mol. The molecule has 154 valence electrons. The Morgan fingerprint density at radius 2 is 1.93 bits per heavy atom. The lowest BCUT2D eigenvalue weighted by atomic mass is 9.93. The molecule has 3 rings (SSSR count). The summed E-state index contributed by atoms with van der Waals surface area (Å²) in [7, 11) is 1.21. The number of hydrogen-bond acceptors (Lipinski definition) is 7. The van der Waals surface area contributed by atoms with Crippen molar-refractivity contribution in [2.75, 3.05) is 13.7 Å². The van der Waals surface area contributed by atoms with Crippen molar-refractivity contribution < 1.29 is 33.1 Å². The van der Waals surface area contributed by atoms with E-state index in [-0.39, 0.29) is 29.3 Å². The standard InChI is InChI=1S/C19H18ClFN2O6/c1-28-14(25)6-7-29-22-17-15(20)10(9-24)8-13(16(17)21)23-18(26)11-4-2-3-5-12(11)19(23)27/h8-9,16H,2-7H2,1H3. The highest BCUT2D eigenvalue weighted by Crippen LogP contribution is 2.38. The molecule has 0 saturated heterocycles. The number of rotatable bonds is 6. The zero-order valence-corrected chi connectivity index (χ0v) is 16.3. The molecule has 0 aromatic rings. The fourth-order valence-corrected chi connectivity index (χ4v) is 3.59. The normalized spacial score (nSPS) is 23.4. The topological polar surface area (TPSA) is 102 Å². The number of halogens is 2. The number of imide groups is 1. The van der Waals surface area contributed by atoms with E-state index < -0.39 is 29.7 Å². The largest absolute Gasteiger partial charge is 0.469 e. The predicted octanol–water partition coefficient (Wildman–Crippen LogP) is 2.09. The van der Waals surface area contributed by atoms with Crippen molar-refractivity contribution in [3.8, 4) is 0 Å². The Morgan fingerprint density at radius 1 is 1.31 bits per heavy atom. The molecule has 0 spiro atoms. The third kappa shape index (κ3) is 3.87. The van der Waals surface area contributed by atoms with Crippen molar-refractivity contribution >= 4 is 41.4 Å². The predicted molar refractivity (Wildman–Crippen MR) is 99.3 cm³/mol. The number of aldehydes is 1. The van der Waals surface area contributed by atoms with Gasteiger partial charge < -0.3 is 9.57 Å². The number of allylic oxidation sites excluding steroid dienone is 4. The minimum Gasteiger partial charge on any atom is -0.469 e. The van der Waals surface area contributed by atoms with Crippen LogP contribution >= 0.6 is 11.6 Å². The highest BCUT2D eigenvalue weighted by molar-refractivity contribution is 6.46. The van der Waals surface area contributed by atoms with Crippen molar-refractivity contribution in [1.82, 2.24) is 4.90 Å². The first-order valence-electron chi connectivity index (χ1n) is 8.99. The molecular weight excluding hydrogens is 407 g/mol. The first kappa shape index (κ1) is 20.9. The van der Waals surface area contributed by atoms with Crippen molar-refractivity contribution in [3.05, 3.63) is 33.5 Å². The summed E-state index contributed by atoms with van der Waals surface area (Å²) in [6.45, 7) is -0.208. The number of amides is 2. The number of nitrogens with zero attached hydrogens (tertiary/aromatic N) is 2. The summed E-state index contributed by atoms with van der Waals surface area (Å²) in [6, 6.07) is 0. The van der Waals surface area contributed by atoms with E-state index in [1.807, 2.05) is 0 Å². The minimum absolute atomic E-state index is 0.130. The van der Waals surface area contributed by atoms with Crippen LogP contribution in [-0.4, -0.2) is 54.6 Å². The Kier molecular flexibility index (Phi) is 6.26. The molecule has 0 N–H and O–H groups in total. The van der Waals surface area contributed by atoms with Crippen LogP contribution in [0.25, 0.3) is 0 Å². The smallest absolute Gasteiger partial charge is 0.309 e. The van der Waals surface area contributed by atoms with Gasteiger partial charge in [-0.05, 0) is 31.8 Å². The van der Waals surface area contributed by atoms with Gasteiger partial charge in [0.1, 0.15) is 12.3 Å². The van der Waals surface area contributed by atoms with Gasteiger partial charge >= 0.3 is 5.97 Å². The van der Waals surface area contributed by atoms with Crippen LogP contribution in [0.5, 0.6) is 0 Å². The van der Waals surface area contributed by atoms with Crippen LogP contribution in [0.4, 0.5) is 4.39 Å². The zero-order chi connectivity index (χ0) is 21.1. The highest BCUT2D eigenvalue weighted by atomic mass is 35.5. The van der Waals surface area contributed by atoms with E-state index in [9.17, 15) is 19.2 Å². The molecule has 10 heteroatoms. The molecule has 2 aliphatic carbocycles. The van der Waals surface area contributed by atoms with Crippen LogP contribution in [-0.2, 0) is 28.8 Å². The van der Waals surface area contributed by atoms with E-state index >= 15 is 4.39 Å². The number of oxime groups is 1. The van der Waals surface area contributed by atoms with Crippen LogP contribution in [0, 0.1) is 0 Å². The fourth-order valence-electron chi connectivity index (χ4n) is 3.37. The second-order valence-corrected chi connectivity index (χ2v) is 6.94. The lowest BCUT2D eigenvalue weighted by Gasteiger charge is -2.26. The lowest BCUT2D eigenvalue weighted by Crippen LogP contribution is -2.39. The Balaban J connectivity index is 1.88. The highest BCUT2D eigenvalue weighted by Gasteiger charge is 2.45. The number of carbonyl (C=O) groups excluding carboxylic acids is 4. The van der Waals surface area contributed by atoms with Crippen LogP contribution in [0.1, 0.15) is 32.1 Å². The number of ether oxygens (including phenoxy) is 1. The Bertz CT molecular complexity index is 876. The Hall–Kier alpha value is -2.81. The molecule has 0 fully saturated rings. The van der Waals surface area contributed by atoms with Crippen molar-refractivity contribution in [3.63, 3.8) is 0 Å². The van der Waals surface area contributed by atoms with E-state index in [0.29, 0.717) is 30.3 Å². The third-order valence-corrected chi connectivity index (χ3v) is 5.26. The molecule has 0 aromatic heterocycles. The SMILES string of the molecule is COC(=O)CCON=C1C(Cl)=C(C=O)C=C(N2C(=O)C3=C(CCCC3)C2=O)C1F. The van der Waals surface area contributed by atoms with Gasteiger partial charge in [0, 0.05) is 16.7 Å². The Morgan fingerprint density at radius 3 is 2.48 bits per heavy atom. The third-order valence-electron chi connectivity index (χ3n) is 4.84. The molecule has 1 unspecified atom stereocenters. The second-order valence-electron chi connectivity index (χ2n) is 6.56. The first-order chi connectivity index (χ1) is 13.9. The molecule has 1 atom stereocenters. The maximum atomic E-state index is 15.2. The van der Waals surface area contributed by atoms with Crippen molar-refractivity contribution in [2.45, 2.75) is 38.3 Å². The van der Waals surface area contributed by atoms with Gasteiger partial charge in [-0.3, -0.25) is 19.2 Å². The molecule has 29 heavy (non-hydrogen) atoms. The average Bonchev–Trinajstić information content (AvgIpc) is 2.98. The van der Waals surface area contributed by atoms with Crippen molar-refractivity contribution in [2.24, 2.45) is 5.16 Å². The maximum absolute atomic E-state index is 15.2. The van der Waals surface area contributed by atoms with Gasteiger partial charge in [-0.15, -0.1) is 0 Å². The number of methoxy groups -OCH3 is 1. The number of esters is 1.